The van der Waals surface area contributed by atoms with E-state index in [2.05, 4.69) is 5.32 Å². The highest BCUT2D eigenvalue weighted by atomic mass is 32.2. The van der Waals surface area contributed by atoms with Gasteiger partial charge in [-0.2, -0.15) is 4.31 Å². The second-order valence-electron chi connectivity index (χ2n) is 20.7. The Kier molecular flexibility index (Phi) is 19.9. The Morgan fingerprint density at radius 3 is 2.13 bits per heavy atom. The van der Waals surface area contributed by atoms with E-state index >= 15 is 0 Å². The van der Waals surface area contributed by atoms with Gasteiger partial charge < -0.3 is 59.3 Å². The summed E-state index contributed by atoms with van der Waals surface area (Å²) < 4.78 is 67.9. The second-order valence-corrected chi connectivity index (χ2v) is 22.7. The predicted molar refractivity (Wildman–Crippen MR) is 253 cm³/mol. The topological polar surface area (TPSA) is 226 Å². The number of aryl methyl sites for hydroxylation is 1. The van der Waals surface area contributed by atoms with E-state index in [0.29, 0.717) is 19.6 Å². The van der Waals surface area contributed by atoms with Crippen LogP contribution < -0.4 is 5.32 Å². The van der Waals surface area contributed by atoms with Crippen LogP contribution in [-0.4, -0.2) is 179 Å². The number of benzene rings is 1. The molecule has 1 aromatic rings. The Bertz CT molecular complexity index is 1840. The van der Waals surface area contributed by atoms with Gasteiger partial charge in [0.1, 0.15) is 35.1 Å². The molecular weight excluding hydrogens is 887 g/mol. The van der Waals surface area contributed by atoms with Gasteiger partial charge in [0.15, 0.2) is 12.6 Å². The minimum atomic E-state index is -4.09. The molecule has 0 unspecified atom stereocenters. The lowest BCUT2D eigenvalue weighted by molar-refractivity contribution is -0.336. The third-order valence-electron chi connectivity index (χ3n) is 15.2. The summed E-state index contributed by atoms with van der Waals surface area (Å²) in [6.45, 7) is 24.7. The Labute approximate surface area is 401 Å². The summed E-state index contributed by atoms with van der Waals surface area (Å²) in [7, 11) is -1.17. The highest BCUT2D eigenvalue weighted by Gasteiger charge is 2.58. The number of aliphatic hydroxyl groups is 5. The molecule has 0 amide bonds. The van der Waals surface area contributed by atoms with Gasteiger partial charge in [0, 0.05) is 45.6 Å². The van der Waals surface area contributed by atoms with E-state index in [-0.39, 0.29) is 43.0 Å². The quantitative estimate of drug-likeness (QED) is 0.115. The molecule has 3 fully saturated rings. The number of likely N-dealkylation sites (N-methyl/N-ethyl adjacent to an activating group) is 2. The number of aliphatic hydroxyl groups excluding tert-OH is 2. The molecule has 4 rings (SSSR count). The molecule has 3 aliphatic rings. The minimum absolute atomic E-state index is 0.0246. The van der Waals surface area contributed by atoms with Gasteiger partial charge in [-0.25, -0.2) is 8.42 Å². The van der Waals surface area contributed by atoms with Crippen LogP contribution in [0.2, 0.25) is 0 Å². The summed E-state index contributed by atoms with van der Waals surface area (Å²) in [6.07, 6.45) is -9.14. The van der Waals surface area contributed by atoms with E-state index in [9.17, 15) is 38.7 Å². The van der Waals surface area contributed by atoms with Crippen LogP contribution in [0.3, 0.4) is 0 Å². The number of carbonyl (C=O) groups is 1. The van der Waals surface area contributed by atoms with Crippen LogP contribution in [0.25, 0.3) is 0 Å². The van der Waals surface area contributed by atoms with Crippen molar-refractivity contribution in [2.45, 2.75) is 217 Å². The van der Waals surface area contributed by atoms with Crippen molar-refractivity contribution in [3.05, 3.63) is 29.8 Å². The molecule has 0 aromatic heterocycles. The average Bonchev–Trinajstić information content (AvgIpc) is 3.26. The number of methoxy groups -OCH3 is 1. The first-order valence-electron chi connectivity index (χ1n) is 24.5. The van der Waals surface area contributed by atoms with Crippen molar-refractivity contribution in [3.63, 3.8) is 0 Å². The fourth-order valence-corrected chi connectivity index (χ4v) is 12.1. The molecule has 0 spiro atoms. The minimum Gasteiger partial charge on any atom is -0.459 e. The molecule has 18 heteroatoms. The summed E-state index contributed by atoms with van der Waals surface area (Å²) in [5.41, 5.74) is -5.43. The highest BCUT2D eigenvalue weighted by molar-refractivity contribution is 7.89. The summed E-state index contributed by atoms with van der Waals surface area (Å²) in [6, 6.07) is 4.86. The van der Waals surface area contributed by atoms with Crippen molar-refractivity contribution in [3.8, 4) is 0 Å². The van der Waals surface area contributed by atoms with Crippen LogP contribution in [0.4, 0.5) is 0 Å². The van der Waals surface area contributed by atoms with Crippen molar-refractivity contribution >= 4 is 16.0 Å². The summed E-state index contributed by atoms with van der Waals surface area (Å²) in [5, 5.41) is 64.3. The van der Waals surface area contributed by atoms with Crippen molar-refractivity contribution in [2.75, 3.05) is 40.3 Å². The maximum Gasteiger partial charge on any atom is 0.311 e. The number of esters is 1. The van der Waals surface area contributed by atoms with E-state index in [1.54, 1.807) is 67.5 Å². The van der Waals surface area contributed by atoms with Gasteiger partial charge in [0.25, 0.3) is 0 Å². The molecule has 3 aliphatic heterocycles. The molecule has 3 heterocycles. The molecule has 0 radical (unpaired) electrons. The number of hydrogen-bond donors (Lipinski definition) is 6. The number of nitrogens with zero attached hydrogens (tertiary/aromatic N) is 2. The SMILES string of the molecule is CCCNC[C@]1(O)[C@H](C)O[C@@H](O[C@H]2[C@H](C)[C@@H](O[C@@H]3O[C@H](C)C[C@H](N(C)S(=O)(=O)c4ccc(C)cc4)[C@H]3O)[C@](C)(O)C[C@@H](C)CN(CC)[C@H](C)[C@@H](O)[C@](C)(O)[C@@H](CC)OC(=O)[C@@H]2C)C[C@@]1(C)OC. The molecule has 17 nitrogen and oxygen atoms in total. The predicted octanol–water partition coefficient (Wildman–Crippen LogP) is 3.73. The lowest BCUT2D eigenvalue weighted by atomic mass is 9.75. The van der Waals surface area contributed by atoms with Crippen molar-refractivity contribution in [2.24, 2.45) is 17.8 Å². The number of sulfonamides is 1. The fraction of sp³-hybridized carbons (Fsp3) is 0.857. The highest BCUT2D eigenvalue weighted by Crippen LogP contribution is 2.43. The van der Waals surface area contributed by atoms with Crippen LogP contribution in [-0.2, 0) is 43.2 Å². The molecule has 388 valence electrons. The standard InChI is InChI=1S/C49H87N3O14S/c1-16-23-50-28-49(58)35(10)63-39(26-47(49,12)61-15)65-41-32(7)43(66-45-40(53)37(24-31(6)62-45)51(14)67(59,60)36-21-19-29(4)20-22-36)46(11,56)25-30(5)27-52(18-3)34(9)42(54)48(13,57)38(17-2)64-44(55)33(41)8/h19-22,30-35,37-43,45,50,53-54,56-58H,16-18,23-28H2,1-15H3/t30-,31-,32+,33-,34-,35+,37+,38-,39+,40-,41+,42-,43-,45+,46-,47-,48-,49+/m1/s1. The first-order chi connectivity index (χ1) is 31.1. The normalized spacial score (nSPS) is 42.5. The van der Waals surface area contributed by atoms with Gasteiger partial charge in [-0.15, -0.1) is 0 Å². The molecule has 0 aliphatic carbocycles. The molecule has 0 saturated carbocycles. The van der Waals surface area contributed by atoms with E-state index in [0.717, 1.165) is 16.3 Å². The first-order valence-corrected chi connectivity index (χ1v) is 25.9. The maximum absolute atomic E-state index is 14.6. The first kappa shape index (κ1) is 57.7. The number of cyclic esters (lactones) is 1. The van der Waals surface area contributed by atoms with E-state index in [1.165, 1.54) is 33.2 Å². The van der Waals surface area contributed by atoms with E-state index in [1.807, 2.05) is 32.6 Å². The summed E-state index contributed by atoms with van der Waals surface area (Å²) in [4.78, 5) is 16.7. The van der Waals surface area contributed by atoms with Gasteiger partial charge in [-0.05, 0) is 112 Å². The molecule has 0 bridgehead atoms. The zero-order valence-electron chi connectivity index (χ0n) is 43.0. The van der Waals surface area contributed by atoms with Crippen molar-refractivity contribution < 1.29 is 67.2 Å². The number of hydrogen-bond acceptors (Lipinski definition) is 16. The lowest BCUT2D eigenvalue weighted by Crippen LogP contribution is -2.70. The molecule has 67 heavy (non-hydrogen) atoms. The largest absolute Gasteiger partial charge is 0.459 e. The second kappa shape index (κ2) is 23.1. The summed E-state index contributed by atoms with van der Waals surface area (Å²) >= 11 is 0. The van der Waals surface area contributed by atoms with E-state index < -0.39 is 118 Å². The molecule has 1 aromatic carbocycles. The zero-order valence-corrected chi connectivity index (χ0v) is 43.8. The van der Waals surface area contributed by atoms with Gasteiger partial charge in [0.05, 0.1) is 46.9 Å². The fourth-order valence-electron chi connectivity index (χ4n) is 10.8. The molecule has 6 N–H and O–H groups in total. The molecule has 3 saturated heterocycles. The lowest BCUT2D eigenvalue weighted by Gasteiger charge is -2.53. The number of ether oxygens (including phenoxy) is 6. The monoisotopic (exact) mass is 974 g/mol. The van der Waals surface area contributed by atoms with Gasteiger partial charge >= 0.3 is 5.97 Å². The maximum atomic E-state index is 14.6. The third-order valence-corrected chi connectivity index (χ3v) is 17.1. The van der Waals surface area contributed by atoms with Gasteiger partial charge in [0.2, 0.25) is 10.0 Å². The van der Waals surface area contributed by atoms with Crippen LogP contribution in [0.1, 0.15) is 121 Å². The Balaban J connectivity index is 1.85. The molecule has 18 atom stereocenters. The Hall–Kier alpha value is -1.88. The average molecular weight is 974 g/mol. The number of rotatable bonds is 14. The van der Waals surface area contributed by atoms with E-state index in [4.69, 9.17) is 28.4 Å². The van der Waals surface area contributed by atoms with Crippen molar-refractivity contribution in [1.29, 1.82) is 0 Å². The number of nitrogens with one attached hydrogen (secondary N) is 1. The van der Waals surface area contributed by atoms with Gasteiger partial charge in [-0.3, -0.25) is 9.69 Å². The third kappa shape index (κ3) is 12.6. The van der Waals surface area contributed by atoms with Crippen molar-refractivity contribution in [1.82, 2.24) is 14.5 Å². The smallest absolute Gasteiger partial charge is 0.311 e. The van der Waals surface area contributed by atoms with Crippen LogP contribution in [0.15, 0.2) is 29.2 Å². The summed E-state index contributed by atoms with van der Waals surface area (Å²) in [5.74, 6) is -3.09. The number of carbonyl (C=O) groups excluding carboxylic acids is 1. The zero-order chi connectivity index (χ0) is 50.6. The van der Waals surface area contributed by atoms with Crippen LogP contribution in [0.5, 0.6) is 0 Å². The Morgan fingerprint density at radius 1 is 0.940 bits per heavy atom. The van der Waals surface area contributed by atoms with Crippen LogP contribution in [0, 0.1) is 24.7 Å². The van der Waals surface area contributed by atoms with Crippen LogP contribution >= 0.6 is 0 Å². The molecular formula is C49H87N3O14S. The van der Waals surface area contributed by atoms with Gasteiger partial charge in [-0.1, -0.05) is 52.3 Å². The Morgan fingerprint density at radius 2 is 1.57 bits per heavy atom.